The van der Waals surface area contributed by atoms with Crippen molar-refractivity contribution >= 4 is 33.2 Å². The van der Waals surface area contributed by atoms with Crippen molar-refractivity contribution in [2.45, 2.75) is 37.1 Å². The number of ether oxygens (including phenoxy) is 2. The van der Waals surface area contributed by atoms with Gasteiger partial charge in [-0.15, -0.1) is 13.2 Å². The third kappa shape index (κ3) is 6.10. The van der Waals surface area contributed by atoms with Crippen LogP contribution < -0.4 is 19.5 Å². The summed E-state index contributed by atoms with van der Waals surface area (Å²) in [5.74, 6) is -1.24. The summed E-state index contributed by atoms with van der Waals surface area (Å²) in [6, 6.07) is 7.59. The van der Waals surface area contributed by atoms with E-state index in [0.29, 0.717) is 6.42 Å². The van der Waals surface area contributed by atoms with Crippen LogP contribution in [0.2, 0.25) is 0 Å². The van der Waals surface area contributed by atoms with Crippen LogP contribution in [0, 0.1) is 0 Å². The highest BCUT2D eigenvalue weighted by Crippen LogP contribution is 2.31. The van der Waals surface area contributed by atoms with Crippen molar-refractivity contribution in [3.8, 4) is 11.5 Å². The average molecular weight is 501 g/mol. The number of amides is 2. The Hall–Kier alpha value is -3.48. The molecule has 1 saturated heterocycles. The van der Waals surface area contributed by atoms with Crippen LogP contribution in [0.4, 0.5) is 24.5 Å². The van der Waals surface area contributed by atoms with Crippen LogP contribution in [0.15, 0.2) is 47.4 Å². The number of halogens is 3. The molecule has 2 amide bonds. The van der Waals surface area contributed by atoms with Crippen molar-refractivity contribution in [3.05, 3.63) is 42.5 Å². The fourth-order valence-electron chi connectivity index (χ4n) is 3.38. The topological polar surface area (TPSA) is 114 Å². The molecule has 0 aromatic heterocycles. The van der Waals surface area contributed by atoms with E-state index < -0.39 is 34.1 Å². The van der Waals surface area contributed by atoms with Gasteiger partial charge in [0.2, 0.25) is 11.8 Å². The highest BCUT2D eigenvalue weighted by molar-refractivity contribution is 7.92. The second-order valence-electron chi connectivity index (χ2n) is 7.32. The van der Waals surface area contributed by atoms with Gasteiger partial charge in [0, 0.05) is 31.3 Å². The number of likely N-dealkylation sites (tertiary alicyclic amines) is 1. The van der Waals surface area contributed by atoms with E-state index in [2.05, 4.69) is 14.8 Å². The van der Waals surface area contributed by atoms with Gasteiger partial charge in [0.1, 0.15) is 22.4 Å². The lowest BCUT2D eigenvalue weighted by Crippen LogP contribution is -2.38. The number of carbonyl (C=O) groups excluding carboxylic acids is 2. The number of sulfonamides is 1. The van der Waals surface area contributed by atoms with Crippen molar-refractivity contribution < 1.29 is 40.7 Å². The Bertz CT molecular complexity index is 1190. The molecule has 0 radical (unpaired) electrons. The minimum absolute atomic E-state index is 0.0775. The second kappa shape index (κ2) is 9.79. The zero-order valence-corrected chi connectivity index (χ0v) is 19.0. The molecule has 1 aliphatic heterocycles. The molecule has 184 valence electrons. The minimum atomic E-state index is -4.93. The van der Waals surface area contributed by atoms with Crippen molar-refractivity contribution in [2.75, 3.05) is 23.7 Å². The molecule has 2 N–H and O–H groups in total. The number of alkyl halides is 3. The number of hydrogen-bond acceptors (Lipinski definition) is 6. The molecule has 1 atom stereocenters. The molecule has 3 rings (SSSR count). The summed E-state index contributed by atoms with van der Waals surface area (Å²) in [6.07, 6.45) is -4.30. The second-order valence-corrected chi connectivity index (χ2v) is 8.97. The number of nitrogens with zero attached hydrogens (tertiary/aromatic N) is 1. The monoisotopic (exact) mass is 501 g/mol. The molecule has 0 aliphatic carbocycles. The maximum Gasteiger partial charge on any atom is 0.573 e. The van der Waals surface area contributed by atoms with Gasteiger partial charge in [0.15, 0.2) is 0 Å². The Morgan fingerprint density at radius 1 is 1.18 bits per heavy atom. The number of benzene rings is 2. The van der Waals surface area contributed by atoms with E-state index in [1.54, 1.807) is 6.92 Å². The van der Waals surface area contributed by atoms with Crippen molar-refractivity contribution in [2.24, 2.45) is 0 Å². The van der Waals surface area contributed by atoms with Crippen molar-refractivity contribution in [1.82, 2.24) is 4.90 Å². The zero-order chi connectivity index (χ0) is 25.1. The molecule has 0 saturated carbocycles. The summed E-state index contributed by atoms with van der Waals surface area (Å²) in [7, 11) is -2.75. The van der Waals surface area contributed by atoms with Gasteiger partial charge in [-0.1, -0.05) is 6.07 Å². The molecule has 2 aromatic rings. The zero-order valence-electron chi connectivity index (χ0n) is 18.2. The summed E-state index contributed by atoms with van der Waals surface area (Å²) >= 11 is 0. The van der Waals surface area contributed by atoms with Crippen LogP contribution in [0.5, 0.6) is 11.5 Å². The number of carbonyl (C=O) groups is 2. The minimum Gasteiger partial charge on any atom is -0.492 e. The molecule has 0 spiro atoms. The predicted molar refractivity (Wildman–Crippen MR) is 116 cm³/mol. The first kappa shape index (κ1) is 25.1. The van der Waals surface area contributed by atoms with E-state index in [1.807, 2.05) is 0 Å². The summed E-state index contributed by atoms with van der Waals surface area (Å²) in [5, 5.41) is 2.64. The number of hydrogen-bond donors (Lipinski definition) is 2. The molecule has 2 aromatic carbocycles. The van der Waals surface area contributed by atoms with E-state index >= 15 is 0 Å². The van der Waals surface area contributed by atoms with Crippen LogP contribution in [0.3, 0.4) is 0 Å². The Morgan fingerprint density at radius 3 is 2.53 bits per heavy atom. The number of nitrogens with one attached hydrogen (secondary N) is 2. The molecule has 0 bridgehead atoms. The predicted octanol–water partition coefficient (Wildman–Crippen LogP) is 3.34. The van der Waals surface area contributed by atoms with Gasteiger partial charge in [0.25, 0.3) is 10.0 Å². The molecule has 34 heavy (non-hydrogen) atoms. The standard InChI is InChI=1S/C21H22F3N3O6S/c1-3-32-17-12-13(25-20(29)16-8-10-19(28)27(16)2)7-9-18(17)34(30,31)26-14-5-4-6-15(11-14)33-21(22,23)24/h4-7,9,11-12,16,26H,3,8,10H2,1-2H3,(H,25,29). The lowest BCUT2D eigenvalue weighted by atomic mass is 10.2. The number of anilines is 2. The van der Waals surface area contributed by atoms with Gasteiger partial charge in [-0.25, -0.2) is 8.42 Å². The summed E-state index contributed by atoms with van der Waals surface area (Å²) < 4.78 is 74.6. The Morgan fingerprint density at radius 2 is 1.91 bits per heavy atom. The third-order valence-corrected chi connectivity index (χ3v) is 6.34. The largest absolute Gasteiger partial charge is 0.573 e. The van der Waals surface area contributed by atoms with Crippen LogP contribution >= 0.6 is 0 Å². The van der Waals surface area contributed by atoms with Gasteiger partial charge in [-0.2, -0.15) is 0 Å². The quantitative estimate of drug-likeness (QED) is 0.574. The molecule has 1 unspecified atom stereocenters. The Kier molecular flexibility index (Phi) is 7.24. The fourth-order valence-corrected chi connectivity index (χ4v) is 4.56. The maximum absolute atomic E-state index is 12.9. The number of rotatable bonds is 8. The molecule has 1 fully saturated rings. The first-order valence-corrected chi connectivity index (χ1v) is 11.6. The van der Waals surface area contributed by atoms with Crippen LogP contribution in [0.1, 0.15) is 19.8 Å². The summed E-state index contributed by atoms with van der Waals surface area (Å²) in [4.78, 5) is 25.2. The molecule has 13 heteroatoms. The van der Waals surface area contributed by atoms with E-state index in [9.17, 15) is 31.2 Å². The van der Waals surface area contributed by atoms with Crippen LogP contribution in [-0.2, 0) is 19.6 Å². The highest BCUT2D eigenvalue weighted by atomic mass is 32.2. The van der Waals surface area contributed by atoms with Gasteiger partial charge in [-0.3, -0.25) is 14.3 Å². The van der Waals surface area contributed by atoms with Crippen LogP contribution in [-0.4, -0.2) is 51.2 Å². The first-order valence-electron chi connectivity index (χ1n) is 10.1. The lowest BCUT2D eigenvalue weighted by molar-refractivity contribution is -0.274. The van der Waals surface area contributed by atoms with Gasteiger partial charge in [-0.05, 0) is 37.6 Å². The first-order chi connectivity index (χ1) is 15.9. The molecular weight excluding hydrogens is 479 g/mol. The average Bonchev–Trinajstić information content (AvgIpc) is 3.05. The lowest BCUT2D eigenvalue weighted by Gasteiger charge is -2.20. The van der Waals surface area contributed by atoms with Crippen molar-refractivity contribution in [3.63, 3.8) is 0 Å². The van der Waals surface area contributed by atoms with E-state index in [1.165, 1.54) is 42.3 Å². The normalized spacial score (nSPS) is 16.3. The highest BCUT2D eigenvalue weighted by Gasteiger charge is 2.33. The number of likely N-dealkylation sites (N-methyl/N-ethyl adjacent to an activating group) is 1. The van der Waals surface area contributed by atoms with E-state index in [4.69, 9.17) is 4.74 Å². The Labute approximate surface area is 193 Å². The van der Waals surface area contributed by atoms with Gasteiger partial charge < -0.3 is 19.7 Å². The third-order valence-electron chi connectivity index (χ3n) is 4.92. The Balaban J connectivity index is 1.82. The molecular formula is C21H22F3N3O6S. The summed E-state index contributed by atoms with van der Waals surface area (Å²) in [6.45, 7) is 1.74. The molecule has 1 heterocycles. The maximum atomic E-state index is 12.9. The fraction of sp³-hybridized carbons (Fsp3) is 0.333. The SMILES string of the molecule is CCOc1cc(NC(=O)C2CCC(=O)N2C)ccc1S(=O)(=O)Nc1cccc(OC(F)(F)F)c1. The van der Waals surface area contributed by atoms with Crippen LogP contribution in [0.25, 0.3) is 0 Å². The van der Waals surface area contributed by atoms with E-state index in [0.717, 1.165) is 12.1 Å². The molecule has 9 nitrogen and oxygen atoms in total. The van der Waals surface area contributed by atoms with E-state index in [-0.39, 0.29) is 41.0 Å². The summed E-state index contributed by atoms with van der Waals surface area (Å²) in [5.41, 5.74) is 0.0937. The smallest absolute Gasteiger partial charge is 0.492 e. The molecule has 1 aliphatic rings. The van der Waals surface area contributed by atoms with Gasteiger partial charge in [0.05, 0.1) is 12.3 Å². The van der Waals surface area contributed by atoms with Gasteiger partial charge >= 0.3 is 6.36 Å². The van der Waals surface area contributed by atoms with Crippen molar-refractivity contribution in [1.29, 1.82) is 0 Å².